The first kappa shape index (κ1) is 14.4. The Balaban J connectivity index is 2.61. The Bertz CT molecular complexity index is 601. The van der Waals surface area contributed by atoms with Crippen LogP contribution in [0.25, 0.3) is 0 Å². The molecule has 1 heterocycles. The Morgan fingerprint density at radius 1 is 1.20 bits per heavy atom. The van der Waals surface area contributed by atoms with Gasteiger partial charge in [-0.05, 0) is 36.8 Å². The molecule has 0 spiro atoms. The van der Waals surface area contributed by atoms with Crippen LogP contribution in [0.2, 0.25) is 0 Å². The summed E-state index contributed by atoms with van der Waals surface area (Å²) in [5.74, 6) is -0.383. The minimum Gasteiger partial charge on any atom is -0.496 e. The summed E-state index contributed by atoms with van der Waals surface area (Å²) < 4.78 is 31.8. The number of methoxy groups -OCH3 is 1. The average molecular weight is 278 g/mol. The Hall–Kier alpha value is -2.01. The van der Waals surface area contributed by atoms with Crippen LogP contribution in [0.5, 0.6) is 5.75 Å². The summed E-state index contributed by atoms with van der Waals surface area (Å²) in [4.78, 5) is 4.02. The minimum atomic E-state index is -1.04. The van der Waals surface area contributed by atoms with Crippen molar-refractivity contribution in [3.63, 3.8) is 0 Å². The van der Waals surface area contributed by atoms with E-state index in [-0.39, 0.29) is 0 Å². The maximum absolute atomic E-state index is 13.5. The lowest BCUT2D eigenvalue weighted by molar-refractivity contribution is 0.387. The van der Waals surface area contributed by atoms with Crippen molar-refractivity contribution in [2.45, 2.75) is 18.9 Å². The van der Waals surface area contributed by atoms with E-state index in [9.17, 15) is 8.78 Å². The molecule has 0 radical (unpaired) electrons. The van der Waals surface area contributed by atoms with Gasteiger partial charge in [0, 0.05) is 5.56 Å². The molecule has 20 heavy (non-hydrogen) atoms. The van der Waals surface area contributed by atoms with E-state index in [1.807, 2.05) is 6.92 Å². The van der Waals surface area contributed by atoms with Crippen molar-refractivity contribution in [1.82, 2.24) is 4.98 Å². The van der Waals surface area contributed by atoms with Crippen molar-refractivity contribution in [2.75, 3.05) is 7.11 Å². The van der Waals surface area contributed by atoms with Crippen LogP contribution >= 0.6 is 0 Å². The fraction of sp³-hybridized carbons (Fsp3) is 0.267. The van der Waals surface area contributed by atoms with Crippen LogP contribution in [0.4, 0.5) is 8.78 Å². The molecule has 1 aromatic carbocycles. The van der Waals surface area contributed by atoms with E-state index in [1.54, 1.807) is 0 Å². The first-order chi connectivity index (χ1) is 9.51. The molecule has 1 unspecified atom stereocenters. The molecule has 0 amide bonds. The second-order valence-corrected chi connectivity index (χ2v) is 4.53. The zero-order chi connectivity index (χ0) is 14.8. The van der Waals surface area contributed by atoms with E-state index in [0.29, 0.717) is 23.4 Å². The highest BCUT2D eigenvalue weighted by atomic mass is 19.1. The summed E-state index contributed by atoms with van der Waals surface area (Å²) >= 11 is 0. The van der Waals surface area contributed by atoms with Crippen LogP contribution < -0.4 is 10.5 Å². The average Bonchev–Trinajstić information content (AvgIpc) is 2.47. The summed E-state index contributed by atoms with van der Waals surface area (Å²) in [6.07, 6.45) is 1.56. The van der Waals surface area contributed by atoms with Gasteiger partial charge in [0.05, 0.1) is 24.5 Å². The van der Waals surface area contributed by atoms with Crippen molar-refractivity contribution in [3.05, 3.63) is 59.4 Å². The second kappa shape index (κ2) is 5.54. The summed E-state index contributed by atoms with van der Waals surface area (Å²) in [6, 6.07) is 6.93. The fourth-order valence-electron chi connectivity index (χ4n) is 2.18. The Kier molecular flexibility index (Phi) is 3.99. The third-order valence-corrected chi connectivity index (χ3v) is 3.38. The van der Waals surface area contributed by atoms with Crippen molar-refractivity contribution in [3.8, 4) is 5.75 Å². The molecule has 106 valence electrons. The summed E-state index contributed by atoms with van der Waals surface area (Å²) in [6.45, 7) is 1.86. The van der Waals surface area contributed by atoms with Gasteiger partial charge in [-0.25, -0.2) is 8.78 Å². The van der Waals surface area contributed by atoms with E-state index < -0.39 is 17.2 Å². The number of benzene rings is 1. The molecule has 0 aliphatic carbocycles. The van der Waals surface area contributed by atoms with E-state index >= 15 is 0 Å². The zero-order valence-electron chi connectivity index (χ0n) is 11.4. The third-order valence-electron chi connectivity index (χ3n) is 3.38. The predicted octanol–water partition coefficient (Wildman–Crippen LogP) is 2.98. The highest BCUT2D eigenvalue weighted by Gasteiger charge is 2.32. The number of aromatic nitrogens is 1. The van der Waals surface area contributed by atoms with E-state index in [1.165, 1.54) is 37.4 Å². The standard InChI is InChI=1S/C15H16F2N2O/c1-3-15(18,14-7-5-11(17)9-19-14)12-8-10(16)4-6-13(12)20-2/h4-9H,3,18H2,1-2H3. The maximum atomic E-state index is 13.5. The Morgan fingerprint density at radius 3 is 2.45 bits per heavy atom. The molecule has 2 N–H and O–H groups in total. The second-order valence-electron chi connectivity index (χ2n) is 4.53. The highest BCUT2D eigenvalue weighted by Crippen LogP contribution is 2.35. The van der Waals surface area contributed by atoms with Crippen LogP contribution in [0.1, 0.15) is 24.6 Å². The van der Waals surface area contributed by atoms with Crippen molar-refractivity contribution in [1.29, 1.82) is 0 Å². The van der Waals surface area contributed by atoms with Gasteiger partial charge in [-0.1, -0.05) is 6.92 Å². The number of pyridine rings is 1. The molecule has 3 nitrogen and oxygen atoms in total. The van der Waals surface area contributed by atoms with Gasteiger partial charge in [-0.15, -0.1) is 0 Å². The molecule has 0 bridgehead atoms. The van der Waals surface area contributed by atoms with Gasteiger partial charge in [-0.3, -0.25) is 4.98 Å². The number of nitrogens with zero attached hydrogens (tertiary/aromatic N) is 1. The topological polar surface area (TPSA) is 48.1 Å². The molecule has 5 heteroatoms. The third kappa shape index (κ3) is 2.49. The Morgan fingerprint density at radius 2 is 1.90 bits per heavy atom. The predicted molar refractivity (Wildman–Crippen MR) is 72.4 cm³/mol. The minimum absolute atomic E-state index is 0.411. The number of halogens is 2. The van der Waals surface area contributed by atoms with Crippen molar-refractivity contribution in [2.24, 2.45) is 5.73 Å². The molecule has 0 fully saturated rings. The molecule has 2 rings (SSSR count). The fourth-order valence-corrected chi connectivity index (χ4v) is 2.18. The molecule has 2 aromatic rings. The normalized spacial score (nSPS) is 13.8. The van der Waals surface area contributed by atoms with E-state index in [0.717, 1.165) is 6.20 Å². The number of nitrogens with two attached hydrogens (primary N) is 1. The monoisotopic (exact) mass is 278 g/mol. The van der Waals surface area contributed by atoms with Gasteiger partial charge in [-0.2, -0.15) is 0 Å². The van der Waals surface area contributed by atoms with Gasteiger partial charge in [0.1, 0.15) is 17.4 Å². The van der Waals surface area contributed by atoms with E-state index in [4.69, 9.17) is 10.5 Å². The van der Waals surface area contributed by atoms with Crippen LogP contribution in [-0.4, -0.2) is 12.1 Å². The maximum Gasteiger partial charge on any atom is 0.141 e. The van der Waals surface area contributed by atoms with Gasteiger partial charge >= 0.3 is 0 Å². The Labute approximate surface area is 116 Å². The zero-order valence-corrected chi connectivity index (χ0v) is 11.4. The largest absolute Gasteiger partial charge is 0.496 e. The van der Waals surface area contributed by atoms with Crippen LogP contribution in [0, 0.1) is 11.6 Å². The van der Waals surface area contributed by atoms with Crippen molar-refractivity contribution >= 4 is 0 Å². The summed E-state index contributed by atoms with van der Waals surface area (Å²) in [7, 11) is 1.49. The summed E-state index contributed by atoms with van der Waals surface area (Å²) in [5, 5.41) is 0. The molecular formula is C15H16F2N2O. The lowest BCUT2D eigenvalue weighted by Crippen LogP contribution is -2.38. The van der Waals surface area contributed by atoms with Gasteiger partial charge in [0.15, 0.2) is 0 Å². The first-order valence-corrected chi connectivity index (χ1v) is 6.26. The molecular weight excluding hydrogens is 262 g/mol. The quantitative estimate of drug-likeness (QED) is 0.935. The van der Waals surface area contributed by atoms with Gasteiger partial charge in [0.25, 0.3) is 0 Å². The first-order valence-electron chi connectivity index (χ1n) is 6.26. The highest BCUT2D eigenvalue weighted by molar-refractivity contribution is 5.44. The lowest BCUT2D eigenvalue weighted by Gasteiger charge is -2.29. The number of hydrogen-bond donors (Lipinski definition) is 1. The molecule has 0 saturated carbocycles. The van der Waals surface area contributed by atoms with Gasteiger partial charge < -0.3 is 10.5 Å². The number of ether oxygens (including phenoxy) is 1. The van der Waals surface area contributed by atoms with Crippen LogP contribution in [0.3, 0.4) is 0 Å². The van der Waals surface area contributed by atoms with Crippen LogP contribution in [-0.2, 0) is 5.54 Å². The van der Waals surface area contributed by atoms with Crippen LogP contribution in [0.15, 0.2) is 36.5 Å². The number of rotatable bonds is 4. The SMILES string of the molecule is CCC(N)(c1ccc(F)cn1)c1cc(F)ccc1OC. The molecule has 0 saturated heterocycles. The smallest absolute Gasteiger partial charge is 0.141 e. The molecule has 0 aliphatic heterocycles. The molecule has 0 aliphatic rings. The summed E-state index contributed by atoms with van der Waals surface area (Å²) in [5.41, 5.74) is 6.31. The molecule has 1 aromatic heterocycles. The number of hydrogen-bond acceptors (Lipinski definition) is 3. The molecule has 1 atom stereocenters. The van der Waals surface area contributed by atoms with Crippen molar-refractivity contribution < 1.29 is 13.5 Å². The van der Waals surface area contributed by atoms with E-state index in [2.05, 4.69) is 4.98 Å². The lowest BCUT2D eigenvalue weighted by atomic mass is 9.84. The van der Waals surface area contributed by atoms with Gasteiger partial charge in [0.2, 0.25) is 0 Å².